The van der Waals surface area contributed by atoms with Gasteiger partial charge >= 0.3 is 0 Å². The topological polar surface area (TPSA) is 29.1 Å². The first kappa shape index (κ1) is 15.2. The molecule has 0 atom stereocenters. The van der Waals surface area contributed by atoms with Crippen LogP contribution >= 0.6 is 31.9 Å². The van der Waals surface area contributed by atoms with Gasteiger partial charge < -0.3 is 5.32 Å². The third kappa shape index (κ3) is 4.15. The van der Waals surface area contributed by atoms with E-state index in [0.717, 1.165) is 14.5 Å². The van der Waals surface area contributed by atoms with E-state index in [2.05, 4.69) is 37.2 Å². The Labute approximate surface area is 133 Å². The summed E-state index contributed by atoms with van der Waals surface area (Å²) in [6.45, 7) is 0.507. The lowest BCUT2D eigenvalue weighted by molar-refractivity contribution is 0.0953. The number of hydrogen-bond acceptors (Lipinski definition) is 1. The maximum absolute atomic E-state index is 12.8. The normalized spacial score (nSPS) is 10.3. The van der Waals surface area contributed by atoms with E-state index < -0.39 is 0 Å². The van der Waals surface area contributed by atoms with Gasteiger partial charge in [-0.3, -0.25) is 4.79 Å². The summed E-state index contributed by atoms with van der Waals surface area (Å²) in [5, 5.41) is 2.84. The summed E-state index contributed by atoms with van der Waals surface area (Å²) >= 11 is 6.70. The molecule has 20 heavy (non-hydrogen) atoms. The van der Waals surface area contributed by atoms with Gasteiger partial charge in [-0.2, -0.15) is 0 Å². The van der Waals surface area contributed by atoms with Crippen molar-refractivity contribution < 1.29 is 9.18 Å². The molecule has 0 aromatic heterocycles. The SMILES string of the molecule is O=C(NCCc1ccc(F)cc1)c1ccc(Br)cc1Br. The molecule has 1 amide bonds. The van der Waals surface area contributed by atoms with Crippen LogP contribution in [0.2, 0.25) is 0 Å². The van der Waals surface area contributed by atoms with Crippen LogP contribution in [0.5, 0.6) is 0 Å². The number of carbonyl (C=O) groups is 1. The second-order valence-electron chi connectivity index (χ2n) is 4.26. The molecule has 0 aliphatic rings. The van der Waals surface area contributed by atoms with Gasteiger partial charge in [0.2, 0.25) is 0 Å². The lowest BCUT2D eigenvalue weighted by Gasteiger charge is -2.07. The molecule has 0 aliphatic heterocycles. The molecule has 2 aromatic carbocycles. The number of hydrogen-bond donors (Lipinski definition) is 1. The van der Waals surface area contributed by atoms with E-state index in [1.54, 1.807) is 18.2 Å². The van der Waals surface area contributed by atoms with E-state index in [1.165, 1.54) is 12.1 Å². The molecule has 0 bridgehead atoms. The number of nitrogens with one attached hydrogen (secondary N) is 1. The van der Waals surface area contributed by atoms with Gasteiger partial charge in [0.05, 0.1) is 5.56 Å². The van der Waals surface area contributed by atoms with E-state index in [0.29, 0.717) is 18.5 Å². The molecule has 5 heteroatoms. The van der Waals surface area contributed by atoms with Crippen molar-refractivity contribution in [3.63, 3.8) is 0 Å². The third-order valence-electron chi connectivity index (χ3n) is 2.79. The van der Waals surface area contributed by atoms with Crippen molar-refractivity contribution in [2.24, 2.45) is 0 Å². The zero-order chi connectivity index (χ0) is 14.5. The zero-order valence-corrected chi connectivity index (χ0v) is 13.7. The molecule has 104 valence electrons. The highest BCUT2D eigenvalue weighted by Gasteiger charge is 2.09. The van der Waals surface area contributed by atoms with Gasteiger partial charge in [0.1, 0.15) is 5.82 Å². The average Bonchev–Trinajstić information content (AvgIpc) is 2.41. The lowest BCUT2D eigenvalue weighted by Crippen LogP contribution is -2.26. The maximum Gasteiger partial charge on any atom is 0.252 e. The van der Waals surface area contributed by atoms with Crippen LogP contribution < -0.4 is 5.32 Å². The van der Waals surface area contributed by atoms with Crippen molar-refractivity contribution in [3.8, 4) is 0 Å². The molecule has 2 rings (SSSR count). The van der Waals surface area contributed by atoms with Gasteiger partial charge in [0.25, 0.3) is 5.91 Å². The molecule has 0 spiro atoms. The molecule has 2 nitrogen and oxygen atoms in total. The highest BCUT2D eigenvalue weighted by molar-refractivity contribution is 9.11. The maximum atomic E-state index is 12.8. The molecular weight excluding hydrogens is 389 g/mol. The van der Waals surface area contributed by atoms with Crippen LogP contribution in [0.25, 0.3) is 0 Å². The Hall–Kier alpha value is -1.20. The van der Waals surface area contributed by atoms with Crippen molar-refractivity contribution >= 4 is 37.8 Å². The molecule has 0 saturated heterocycles. The Morgan fingerprint density at radius 3 is 2.45 bits per heavy atom. The highest BCUT2D eigenvalue weighted by atomic mass is 79.9. The molecule has 0 aliphatic carbocycles. The Balaban J connectivity index is 1.90. The quantitative estimate of drug-likeness (QED) is 0.813. The fourth-order valence-electron chi connectivity index (χ4n) is 1.74. The Bertz CT molecular complexity index is 614. The molecule has 0 fully saturated rings. The van der Waals surface area contributed by atoms with E-state index in [4.69, 9.17) is 0 Å². The number of amides is 1. The van der Waals surface area contributed by atoms with Gasteiger partial charge in [-0.15, -0.1) is 0 Å². The van der Waals surface area contributed by atoms with Crippen LogP contribution in [-0.4, -0.2) is 12.5 Å². The Morgan fingerprint density at radius 2 is 1.80 bits per heavy atom. The fourth-order valence-corrected chi connectivity index (χ4v) is 2.97. The molecule has 0 heterocycles. The zero-order valence-electron chi connectivity index (χ0n) is 10.5. The Kier molecular flexibility index (Phi) is 5.31. The van der Waals surface area contributed by atoms with E-state index >= 15 is 0 Å². The summed E-state index contributed by atoms with van der Waals surface area (Å²) in [6.07, 6.45) is 0.667. The largest absolute Gasteiger partial charge is 0.352 e. The third-order valence-corrected chi connectivity index (χ3v) is 3.94. The predicted molar refractivity (Wildman–Crippen MR) is 84.3 cm³/mol. The predicted octanol–water partition coefficient (Wildman–Crippen LogP) is 4.32. The first-order valence-corrected chi connectivity index (χ1v) is 7.62. The van der Waals surface area contributed by atoms with Crippen LogP contribution in [0.15, 0.2) is 51.4 Å². The van der Waals surface area contributed by atoms with Gasteiger partial charge in [-0.05, 0) is 58.2 Å². The van der Waals surface area contributed by atoms with Crippen LogP contribution in [-0.2, 0) is 6.42 Å². The summed E-state index contributed by atoms with van der Waals surface area (Å²) < 4.78 is 14.4. The van der Waals surface area contributed by atoms with Crippen LogP contribution in [0.4, 0.5) is 4.39 Å². The minimum atomic E-state index is -0.253. The number of benzene rings is 2. The standard InChI is InChI=1S/C15H12Br2FNO/c16-11-3-6-13(14(17)9-11)15(20)19-8-7-10-1-4-12(18)5-2-10/h1-6,9H,7-8H2,(H,19,20). The van der Waals surface area contributed by atoms with Crippen molar-refractivity contribution in [1.29, 1.82) is 0 Å². The van der Waals surface area contributed by atoms with E-state index in [9.17, 15) is 9.18 Å². The Morgan fingerprint density at radius 1 is 1.10 bits per heavy atom. The summed E-state index contributed by atoms with van der Waals surface area (Å²) in [5.41, 5.74) is 1.58. The van der Waals surface area contributed by atoms with Crippen molar-refractivity contribution in [3.05, 3.63) is 68.4 Å². The van der Waals surface area contributed by atoms with Crippen molar-refractivity contribution in [2.75, 3.05) is 6.54 Å². The minimum absolute atomic E-state index is 0.133. The van der Waals surface area contributed by atoms with E-state index in [1.807, 2.05) is 12.1 Å². The molecular formula is C15H12Br2FNO. The molecule has 0 radical (unpaired) electrons. The first-order chi connectivity index (χ1) is 9.56. The number of halogens is 3. The minimum Gasteiger partial charge on any atom is -0.352 e. The van der Waals surface area contributed by atoms with Crippen molar-refractivity contribution in [2.45, 2.75) is 6.42 Å². The fraction of sp³-hybridized carbons (Fsp3) is 0.133. The van der Waals surface area contributed by atoms with Gasteiger partial charge in [-0.1, -0.05) is 28.1 Å². The number of rotatable bonds is 4. The van der Waals surface area contributed by atoms with Crippen molar-refractivity contribution in [1.82, 2.24) is 5.32 Å². The molecule has 2 aromatic rings. The smallest absolute Gasteiger partial charge is 0.252 e. The summed E-state index contributed by atoms with van der Waals surface area (Å²) in [7, 11) is 0. The molecule has 0 saturated carbocycles. The van der Waals surface area contributed by atoms with Crippen LogP contribution in [0.3, 0.4) is 0 Å². The number of carbonyl (C=O) groups excluding carboxylic acids is 1. The highest BCUT2D eigenvalue weighted by Crippen LogP contribution is 2.21. The van der Waals surface area contributed by atoms with Gasteiger partial charge in [0.15, 0.2) is 0 Å². The second-order valence-corrected chi connectivity index (χ2v) is 6.03. The summed E-state index contributed by atoms with van der Waals surface area (Å²) in [5.74, 6) is -0.386. The first-order valence-electron chi connectivity index (χ1n) is 6.04. The van der Waals surface area contributed by atoms with E-state index in [-0.39, 0.29) is 11.7 Å². The van der Waals surface area contributed by atoms with Crippen LogP contribution in [0.1, 0.15) is 15.9 Å². The molecule has 0 unspecified atom stereocenters. The second kappa shape index (κ2) is 6.99. The summed E-state index contributed by atoms with van der Waals surface area (Å²) in [6, 6.07) is 11.7. The lowest BCUT2D eigenvalue weighted by atomic mass is 10.1. The monoisotopic (exact) mass is 399 g/mol. The average molecular weight is 401 g/mol. The van der Waals surface area contributed by atoms with Gasteiger partial charge in [-0.25, -0.2) is 4.39 Å². The molecule has 1 N–H and O–H groups in total. The van der Waals surface area contributed by atoms with Gasteiger partial charge in [0, 0.05) is 15.5 Å². The van der Waals surface area contributed by atoms with Crippen LogP contribution in [0, 0.1) is 5.82 Å². The summed E-state index contributed by atoms with van der Waals surface area (Å²) in [4.78, 5) is 12.0.